The van der Waals surface area contributed by atoms with Crippen molar-refractivity contribution in [3.05, 3.63) is 59.2 Å². The van der Waals surface area contributed by atoms with Gasteiger partial charge in [0.1, 0.15) is 0 Å². The van der Waals surface area contributed by atoms with Crippen LogP contribution in [0.5, 0.6) is 11.5 Å². The molecular formula is C20H18ClN3O2. The summed E-state index contributed by atoms with van der Waals surface area (Å²) >= 11 is 6.03. The lowest BCUT2D eigenvalue weighted by molar-refractivity contribution is 0.174. The van der Waals surface area contributed by atoms with Gasteiger partial charge in [-0.25, -0.2) is 0 Å². The van der Waals surface area contributed by atoms with Crippen molar-refractivity contribution in [2.24, 2.45) is 5.10 Å². The van der Waals surface area contributed by atoms with Gasteiger partial charge in [0.2, 0.25) is 6.79 Å². The van der Waals surface area contributed by atoms with Gasteiger partial charge in [-0.1, -0.05) is 17.7 Å². The standard InChI is InChI=1S/C20H18ClN3O2/c1-13(2-3-14-4-7-19-20(10-14)26-12-25-19)23-24-17-8-9-22-18-11-15(21)5-6-16(17)18/h4-11H,2-3,12H2,1H3,(H,22,24)/b23-13+. The Labute approximate surface area is 156 Å². The molecule has 1 aliphatic rings. The third-order valence-corrected chi connectivity index (χ3v) is 4.52. The van der Waals surface area contributed by atoms with Crippen LogP contribution in [0.25, 0.3) is 10.9 Å². The Balaban J connectivity index is 1.42. The Morgan fingerprint density at radius 1 is 1.15 bits per heavy atom. The summed E-state index contributed by atoms with van der Waals surface area (Å²) < 4.78 is 10.8. The lowest BCUT2D eigenvalue weighted by Gasteiger charge is -2.07. The van der Waals surface area contributed by atoms with Gasteiger partial charge in [-0.2, -0.15) is 5.10 Å². The maximum Gasteiger partial charge on any atom is 0.231 e. The summed E-state index contributed by atoms with van der Waals surface area (Å²) in [5.74, 6) is 1.63. The number of halogens is 1. The highest BCUT2D eigenvalue weighted by atomic mass is 35.5. The molecule has 2 aromatic carbocycles. The van der Waals surface area contributed by atoms with Gasteiger partial charge in [-0.05, 0) is 61.7 Å². The van der Waals surface area contributed by atoms with E-state index in [4.69, 9.17) is 21.1 Å². The molecule has 0 bridgehead atoms. The van der Waals surface area contributed by atoms with E-state index in [-0.39, 0.29) is 0 Å². The highest BCUT2D eigenvalue weighted by Crippen LogP contribution is 2.32. The van der Waals surface area contributed by atoms with Crippen LogP contribution in [0.2, 0.25) is 5.02 Å². The second kappa shape index (κ2) is 7.22. The molecule has 1 N–H and O–H groups in total. The van der Waals surface area contributed by atoms with Crippen LogP contribution in [0.15, 0.2) is 53.8 Å². The molecule has 0 saturated carbocycles. The normalized spacial score (nSPS) is 13.2. The SMILES string of the molecule is C/C(CCc1ccc2c(c1)OCO2)=N\Nc1ccnc2cc(Cl)ccc12. The Kier molecular flexibility index (Phi) is 4.63. The zero-order valence-electron chi connectivity index (χ0n) is 14.3. The van der Waals surface area contributed by atoms with Gasteiger partial charge in [-0.3, -0.25) is 10.4 Å². The van der Waals surface area contributed by atoms with E-state index in [0.29, 0.717) is 11.8 Å². The first-order valence-corrected chi connectivity index (χ1v) is 8.79. The number of rotatable bonds is 5. The van der Waals surface area contributed by atoms with E-state index < -0.39 is 0 Å². The lowest BCUT2D eigenvalue weighted by atomic mass is 10.1. The average molecular weight is 368 g/mol. The third-order valence-electron chi connectivity index (χ3n) is 4.28. The molecule has 4 rings (SSSR count). The van der Waals surface area contributed by atoms with Crippen molar-refractivity contribution in [1.29, 1.82) is 0 Å². The molecule has 0 saturated heterocycles. The number of benzene rings is 2. The summed E-state index contributed by atoms with van der Waals surface area (Å²) in [6.45, 7) is 2.31. The summed E-state index contributed by atoms with van der Waals surface area (Å²) in [4.78, 5) is 4.34. The van der Waals surface area contributed by atoms with E-state index >= 15 is 0 Å². The molecule has 0 amide bonds. The first kappa shape index (κ1) is 16.7. The quantitative estimate of drug-likeness (QED) is 0.507. The molecule has 0 fully saturated rings. The summed E-state index contributed by atoms with van der Waals surface area (Å²) in [6.07, 6.45) is 3.49. The van der Waals surface area contributed by atoms with Crippen LogP contribution in [0.4, 0.5) is 5.69 Å². The fourth-order valence-corrected chi connectivity index (χ4v) is 3.02. The van der Waals surface area contributed by atoms with Crippen LogP contribution >= 0.6 is 11.6 Å². The van der Waals surface area contributed by atoms with Gasteiger partial charge in [0, 0.05) is 22.3 Å². The zero-order valence-corrected chi connectivity index (χ0v) is 15.1. The zero-order chi connectivity index (χ0) is 17.9. The monoisotopic (exact) mass is 367 g/mol. The molecule has 132 valence electrons. The van der Waals surface area contributed by atoms with Gasteiger partial charge in [-0.15, -0.1) is 0 Å². The highest BCUT2D eigenvalue weighted by molar-refractivity contribution is 6.31. The van der Waals surface area contributed by atoms with Crippen LogP contribution in [-0.2, 0) is 6.42 Å². The summed E-state index contributed by atoms with van der Waals surface area (Å²) in [7, 11) is 0. The molecular weight excluding hydrogens is 350 g/mol. The van der Waals surface area contributed by atoms with Crippen molar-refractivity contribution in [3.8, 4) is 11.5 Å². The second-order valence-electron chi connectivity index (χ2n) is 6.17. The first-order chi connectivity index (χ1) is 12.7. The number of ether oxygens (including phenoxy) is 2. The van der Waals surface area contributed by atoms with Crippen LogP contribution in [-0.4, -0.2) is 17.5 Å². The van der Waals surface area contributed by atoms with Crippen molar-refractivity contribution in [2.75, 3.05) is 12.2 Å². The summed E-state index contributed by atoms with van der Waals surface area (Å²) in [6, 6.07) is 13.6. The van der Waals surface area contributed by atoms with Gasteiger partial charge >= 0.3 is 0 Å². The molecule has 3 aromatic rings. The Morgan fingerprint density at radius 3 is 2.96 bits per heavy atom. The molecule has 0 spiro atoms. The van der Waals surface area contributed by atoms with Gasteiger partial charge < -0.3 is 9.47 Å². The molecule has 0 radical (unpaired) electrons. The molecule has 0 atom stereocenters. The van der Waals surface area contributed by atoms with Crippen LogP contribution in [0, 0.1) is 0 Å². The minimum Gasteiger partial charge on any atom is -0.454 e. The molecule has 1 aromatic heterocycles. The maximum absolute atomic E-state index is 6.03. The van der Waals surface area contributed by atoms with Crippen molar-refractivity contribution < 1.29 is 9.47 Å². The number of fused-ring (bicyclic) bond motifs is 2. The summed E-state index contributed by atoms with van der Waals surface area (Å²) in [5.41, 5.74) is 7.12. The van der Waals surface area contributed by atoms with Gasteiger partial charge in [0.25, 0.3) is 0 Å². The predicted molar refractivity (Wildman–Crippen MR) is 104 cm³/mol. The third kappa shape index (κ3) is 3.58. The average Bonchev–Trinajstić information content (AvgIpc) is 3.12. The van der Waals surface area contributed by atoms with Crippen molar-refractivity contribution in [3.63, 3.8) is 0 Å². The fourth-order valence-electron chi connectivity index (χ4n) is 2.85. The maximum atomic E-state index is 6.03. The number of hydrazone groups is 1. The van der Waals surface area contributed by atoms with Crippen LogP contribution < -0.4 is 14.9 Å². The number of nitrogens with one attached hydrogen (secondary N) is 1. The van der Waals surface area contributed by atoms with Crippen LogP contribution in [0.1, 0.15) is 18.9 Å². The van der Waals surface area contributed by atoms with E-state index in [0.717, 1.165) is 46.6 Å². The van der Waals surface area contributed by atoms with E-state index in [1.54, 1.807) is 6.20 Å². The second-order valence-corrected chi connectivity index (χ2v) is 6.60. The predicted octanol–water partition coefficient (Wildman–Crippen LogP) is 5.04. The van der Waals surface area contributed by atoms with Crippen LogP contribution in [0.3, 0.4) is 0 Å². The molecule has 0 unspecified atom stereocenters. The minimum absolute atomic E-state index is 0.300. The Bertz CT molecular complexity index is 988. The number of nitrogens with zero attached hydrogens (tertiary/aromatic N) is 2. The Hall–Kier alpha value is -2.79. The fraction of sp³-hybridized carbons (Fsp3) is 0.200. The largest absolute Gasteiger partial charge is 0.454 e. The first-order valence-electron chi connectivity index (χ1n) is 8.41. The lowest BCUT2D eigenvalue weighted by Crippen LogP contribution is -2.00. The number of hydrogen-bond acceptors (Lipinski definition) is 5. The number of aromatic nitrogens is 1. The van der Waals surface area contributed by atoms with E-state index in [9.17, 15) is 0 Å². The van der Waals surface area contributed by atoms with E-state index in [1.807, 2.05) is 43.3 Å². The van der Waals surface area contributed by atoms with Crippen molar-refractivity contribution in [1.82, 2.24) is 4.98 Å². The smallest absolute Gasteiger partial charge is 0.231 e. The van der Waals surface area contributed by atoms with Gasteiger partial charge in [0.15, 0.2) is 11.5 Å². The molecule has 5 nitrogen and oxygen atoms in total. The van der Waals surface area contributed by atoms with E-state index in [1.165, 1.54) is 5.56 Å². The molecule has 1 aliphatic heterocycles. The molecule has 6 heteroatoms. The minimum atomic E-state index is 0.300. The molecule has 0 aliphatic carbocycles. The van der Waals surface area contributed by atoms with Crippen molar-refractivity contribution in [2.45, 2.75) is 19.8 Å². The number of aryl methyl sites for hydroxylation is 1. The van der Waals surface area contributed by atoms with Crippen molar-refractivity contribution >= 4 is 33.9 Å². The molecule has 2 heterocycles. The number of hydrogen-bond donors (Lipinski definition) is 1. The Morgan fingerprint density at radius 2 is 2.04 bits per heavy atom. The highest BCUT2D eigenvalue weighted by Gasteiger charge is 2.13. The topological polar surface area (TPSA) is 55.7 Å². The van der Waals surface area contributed by atoms with Gasteiger partial charge in [0.05, 0.1) is 11.2 Å². The summed E-state index contributed by atoms with van der Waals surface area (Å²) in [5, 5.41) is 6.17. The number of anilines is 1. The number of pyridine rings is 1. The molecule has 26 heavy (non-hydrogen) atoms. The van der Waals surface area contributed by atoms with E-state index in [2.05, 4.69) is 21.6 Å².